The van der Waals surface area contributed by atoms with Gasteiger partial charge in [-0.25, -0.2) is 13.8 Å². The van der Waals surface area contributed by atoms with Gasteiger partial charge in [0.25, 0.3) is 6.43 Å². The average Bonchev–Trinajstić information content (AvgIpc) is 2.14. The Hall–Kier alpha value is -0.760. The largest absolute Gasteiger partial charge is 0.433 e. The van der Waals surface area contributed by atoms with Crippen molar-refractivity contribution >= 4 is 15.9 Å². The Labute approximate surface area is 95.8 Å². The minimum absolute atomic E-state index is 0.184. The van der Waals surface area contributed by atoms with Gasteiger partial charge in [0.15, 0.2) is 0 Å². The quantitative estimate of drug-likeness (QED) is 0.852. The molecule has 0 aliphatic heterocycles. The van der Waals surface area contributed by atoms with Gasteiger partial charge in [-0.1, -0.05) is 0 Å². The minimum atomic E-state index is -4.79. The summed E-state index contributed by atoms with van der Waals surface area (Å²) in [6.07, 6.45) is -7.87. The first-order valence-electron chi connectivity index (χ1n) is 4.02. The van der Waals surface area contributed by atoms with Crippen LogP contribution in [-0.2, 0) is 12.7 Å². The zero-order chi connectivity index (χ0) is 12.5. The second kappa shape index (κ2) is 4.62. The summed E-state index contributed by atoms with van der Waals surface area (Å²) in [6.45, 7) is -0.427. The highest BCUT2D eigenvalue weighted by molar-refractivity contribution is 9.10. The third-order valence-corrected chi connectivity index (χ3v) is 2.41. The summed E-state index contributed by atoms with van der Waals surface area (Å²) >= 11 is 2.72. The highest BCUT2D eigenvalue weighted by Gasteiger charge is 2.36. The van der Waals surface area contributed by atoms with Crippen LogP contribution in [0.2, 0.25) is 0 Å². The number of aromatic nitrogens is 1. The fraction of sp³-hybridized carbons (Fsp3) is 0.375. The van der Waals surface area contributed by atoms with Crippen molar-refractivity contribution in [3.05, 3.63) is 27.5 Å². The van der Waals surface area contributed by atoms with Crippen LogP contribution in [0, 0.1) is 0 Å². The van der Waals surface area contributed by atoms with Crippen molar-refractivity contribution in [3.63, 3.8) is 0 Å². The Morgan fingerprint density at radius 2 is 1.94 bits per heavy atom. The zero-order valence-corrected chi connectivity index (χ0v) is 9.24. The van der Waals surface area contributed by atoms with Crippen LogP contribution in [-0.4, -0.2) is 4.98 Å². The van der Waals surface area contributed by atoms with Crippen LogP contribution in [0.4, 0.5) is 22.0 Å². The molecule has 1 aromatic rings. The van der Waals surface area contributed by atoms with E-state index in [4.69, 9.17) is 5.73 Å². The normalized spacial score (nSPS) is 12.2. The summed E-state index contributed by atoms with van der Waals surface area (Å²) < 4.78 is 61.8. The molecule has 0 radical (unpaired) electrons. The van der Waals surface area contributed by atoms with Gasteiger partial charge in [0, 0.05) is 11.0 Å². The van der Waals surface area contributed by atoms with E-state index >= 15 is 0 Å². The average molecular weight is 305 g/mol. The van der Waals surface area contributed by atoms with Crippen LogP contribution >= 0.6 is 15.9 Å². The topological polar surface area (TPSA) is 38.9 Å². The molecule has 0 unspecified atom stereocenters. The Kier molecular flexibility index (Phi) is 3.84. The molecule has 0 bridgehead atoms. The summed E-state index contributed by atoms with van der Waals surface area (Å²) in [7, 11) is 0. The Morgan fingerprint density at radius 1 is 1.38 bits per heavy atom. The van der Waals surface area contributed by atoms with Crippen molar-refractivity contribution < 1.29 is 22.0 Å². The molecular weight excluding hydrogens is 299 g/mol. The summed E-state index contributed by atoms with van der Waals surface area (Å²) in [5.74, 6) is 0. The van der Waals surface area contributed by atoms with Gasteiger partial charge in [-0.05, 0) is 27.6 Å². The summed E-state index contributed by atoms with van der Waals surface area (Å²) in [5, 5.41) is 0. The molecule has 0 fully saturated rings. The van der Waals surface area contributed by atoms with E-state index < -0.39 is 30.5 Å². The van der Waals surface area contributed by atoms with Gasteiger partial charge in [-0.2, -0.15) is 13.2 Å². The van der Waals surface area contributed by atoms with E-state index in [0.717, 1.165) is 6.07 Å². The molecule has 1 rings (SSSR count). The highest BCUT2D eigenvalue weighted by atomic mass is 79.9. The molecule has 8 heteroatoms. The maximum absolute atomic E-state index is 12.4. The lowest BCUT2D eigenvalue weighted by atomic mass is 10.1. The molecule has 0 aliphatic carbocycles. The molecule has 16 heavy (non-hydrogen) atoms. The van der Waals surface area contributed by atoms with Gasteiger partial charge in [-0.3, -0.25) is 0 Å². The van der Waals surface area contributed by atoms with Gasteiger partial charge < -0.3 is 5.73 Å². The Bertz CT molecular complexity index is 391. The number of alkyl halides is 5. The van der Waals surface area contributed by atoms with Crippen molar-refractivity contribution in [2.75, 3.05) is 0 Å². The summed E-state index contributed by atoms with van der Waals surface area (Å²) in [6, 6.07) is 0.914. The van der Waals surface area contributed by atoms with E-state index in [2.05, 4.69) is 20.9 Å². The molecule has 0 atom stereocenters. The van der Waals surface area contributed by atoms with Gasteiger partial charge in [-0.15, -0.1) is 0 Å². The Balaban J connectivity index is 3.41. The lowest BCUT2D eigenvalue weighted by Crippen LogP contribution is -2.16. The molecule has 0 spiro atoms. The number of nitrogens with zero attached hydrogens (tertiary/aromatic N) is 1. The van der Waals surface area contributed by atoms with E-state index in [-0.39, 0.29) is 10.0 Å². The van der Waals surface area contributed by atoms with Crippen molar-refractivity contribution in [2.24, 2.45) is 5.73 Å². The molecule has 0 amide bonds. The maximum atomic E-state index is 12.4. The number of hydrogen-bond acceptors (Lipinski definition) is 2. The van der Waals surface area contributed by atoms with Crippen LogP contribution in [0.25, 0.3) is 0 Å². The highest BCUT2D eigenvalue weighted by Crippen LogP contribution is 2.35. The first-order valence-corrected chi connectivity index (χ1v) is 4.81. The zero-order valence-electron chi connectivity index (χ0n) is 7.65. The number of rotatable bonds is 2. The monoisotopic (exact) mass is 304 g/mol. The molecule has 90 valence electrons. The van der Waals surface area contributed by atoms with E-state index in [1.165, 1.54) is 0 Å². The van der Waals surface area contributed by atoms with Crippen molar-refractivity contribution in [2.45, 2.75) is 19.1 Å². The Morgan fingerprint density at radius 3 is 2.31 bits per heavy atom. The van der Waals surface area contributed by atoms with E-state index in [9.17, 15) is 22.0 Å². The first-order chi connectivity index (χ1) is 7.27. The van der Waals surface area contributed by atoms with Crippen molar-refractivity contribution in [1.82, 2.24) is 4.98 Å². The fourth-order valence-corrected chi connectivity index (χ4v) is 1.63. The van der Waals surface area contributed by atoms with Gasteiger partial charge in [0.05, 0.1) is 0 Å². The standard InChI is InChI=1S/C8H6BrF5N2/c9-4-1-3(2-15)6(8(12,13)14)16-5(4)7(10)11/h1,7H,2,15H2. The molecule has 0 saturated heterocycles. The van der Waals surface area contributed by atoms with Crippen LogP contribution in [0.5, 0.6) is 0 Å². The number of halogens is 6. The lowest BCUT2D eigenvalue weighted by molar-refractivity contribution is -0.142. The van der Waals surface area contributed by atoms with Gasteiger partial charge in [0.2, 0.25) is 0 Å². The molecule has 1 heterocycles. The molecule has 1 aromatic heterocycles. The summed E-state index contributed by atoms with van der Waals surface area (Å²) in [5.41, 5.74) is 2.46. The van der Waals surface area contributed by atoms with Crippen LogP contribution in [0.15, 0.2) is 10.5 Å². The predicted molar refractivity (Wildman–Crippen MR) is 49.8 cm³/mol. The number of nitrogens with two attached hydrogens (primary N) is 1. The smallest absolute Gasteiger partial charge is 0.326 e. The van der Waals surface area contributed by atoms with Gasteiger partial charge in [0.1, 0.15) is 11.4 Å². The van der Waals surface area contributed by atoms with Crippen LogP contribution in [0.3, 0.4) is 0 Å². The fourth-order valence-electron chi connectivity index (χ4n) is 1.09. The van der Waals surface area contributed by atoms with Crippen molar-refractivity contribution in [3.8, 4) is 0 Å². The molecule has 2 nitrogen and oxygen atoms in total. The minimum Gasteiger partial charge on any atom is -0.326 e. The third kappa shape index (κ3) is 2.67. The van der Waals surface area contributed by atoms with Crippen molar-refractivity contribution in [1.29, 1.82) is 0 Å². The summed E-state index contributed by atoms with van der Waals surface area (Å²) in [4.78, 5) is 2.91. The van der Waals surface area contributed by atoms with Crippen LogP contribution in [0.1, 0.15) is 23.4 Å². The lowest BCUT2D eigenvalue weighted by Gasteiger charge is -2.13. The van der Waals surface area contributed by atoms with E-state index in [0.29, 0.717) is 0 Å². The maximum Gasteiger partial charge on any atom is 0.433 e. The third-order valence-electron chi connectivity index (χ3n) is 1.78. The second-order valence-corrected chi connectivity index (χ2v) is 3.72. The first kappa shape index (κ1) is 13.3. The number of hydrogen-bond donors (Lipinski definition) is 1. The molecular formula is C8H6BrF5N2. The molecule has 0 aliphatic rings. The predicted octanol–water partition coefficient (Wildman–Crippen LogP) is 3.26. The van der Waals surface area contributed by atoms with Gasteiger partial charge >= 0.3 is 6.18 Å². The van der Waals surface area contributed by atoms with E-state index in [1.54, 1.807) is 0 Å². The molecule has 0 saturated carbocycles. The number of pyridine rings is 1. The molecule has 2 N–H and O–H groups in total. The SMILES string of the molecule is NCc1cc(Br)c(C(F)F)nc1C(F)(F)F. The van der Waals surface area contributed by atoms with E-state index in [1.807, 2.05) is 0 Å². The second-order valence-electron chi connectivity index (χ2n) is 2.87. The molecule has 0 aromatic carbocycles. The van der Waals surface area contributed by atoms with Crippen LogP contribution < -0.4 is 5.73 Å².